The molecule has 0 aliphatic heterocycles. The van der Waals surface area contributed by atoms with E-state index in [1.165, 1.54) is 251 Å². The van der Waals surface area contributed by atoms with E-state index in [4.69, 9.17) is 14.6 Å². The Hall–Kier alpha value is -1.14. The average Bonchev–Trinajstić information content (AvgIpc) is 3.23. The standard InChI is InChI=1S/C53H108N2O2.CH2O2/c1-7-11-15-28-39-51(40-29-16-12-8-2)43-32-24-21-19-20-22-26-34-47-55(49-37-36-46-54(5)6)48-35-27-23-25-33-45-53(56)57-50-38-44-52(41-30-17-13-9-3)42-31-18-14-10-4;2-1-3/h51-52H,7-50H2,1-6H3;1H,(H,2,3). The van der Waals surface area contributed by atoms with Crippen LogP contribution in [0.25, 0.3) is 0 Å². The van der Waals surface area contributed by atoms with Gasteiger partial charge in [0.25, 0.3) is 6.47 Å². The lowest BCUT2D eigenvalue weighted by Gasteiger charge is -2.23. The minimum atomic E-state index is -0.250. The third kappa shape index (κ3) is 49.5. The molecule has 0 spiro atoms. The molecule has 6 nitrogen and oxygen atoms in total. The molecule has 0 bridgehead atoms. The first-order valence-corrected chi connectivity index (χ1v) is 27.0. The predicted octanol–water partition coefficient (Wildman–Crippen LogP) is 16.6. The number of esters is 1. The van der Waals surface area contributed by atoms with Crippen LogP contribution in [0.5, 0.6) is 0 Å². The number of nitrogens with zero attached hydrogens (tertiary/aromatic N) is 2. The summed E-state index contributed by atoms with van der Waals surface area (Å²) in [5.41, 5.74) is 0. The van der Waals surface area contributed by atoms with Gasteiger partial charge < -0.3 is 19.6 Å². The lowest BCUT2D eigenvalue weighted by Crippen LogP contribution is -2.28. The van der Waals surface area contributed by atoms with Crippen LogP contribution in [0, 0.1) is 11.8 Å². The number of hydrogen-bond donors (Lipinski definition) is 1. The van der Waals surface area contributed by atoms with Crippen LogP contribution in [0.4, 0.5) is 0 Å². The van der Waals surface area contributed by atoms with Gasteiger partial charge in [0.1, 0.15) is 0 Å². The number of ether oxygens (including phenoxy) is 1. The number of carbonyl (C=O) groups is 2. The third-order valence-electron chi connectivity index (χ3n) is 12.9. The van der Waals surface area contributed by atoms with Crippen molar-refractivity contribution in [2.24, 2.45) is 11.8 Å². The molecular weight excluding hydrogens is 741 g/mol. The van der Waals surface area contributed by atoms with E-state index in [2.05, 4.69) is 51.6 Å². The molecule has 0 saturated carbocycles. The Kier molecular flexibility index (Phi) is 53.0. The molecule has 60 heavy (non-hydrogen) atoms. The van der Waals surface area contributed by atoms with E-state index in [1.807, 2.05) is 0 Å². The number of rotatable bonds is 48. The van der Waals surface area contributed by atoms with Gasteiger partial charge in [-0.1, -0.05) is 227 Å². The minimum Gasteiger partial charge on any atom is -0.483 e. The van der Waals surface area contributed by atoms with Gasteiger partial charge in [0.2, 0.25) is 0 Å². The summed E-state index contributed by atoms with van der Waals surface area (Å²) in [6.07, 6.45) is 52.5. The Morgan fingerprint density at radius 1 is 0.433 bits per heavy atom. The van der Waals surface area contributed by atoms with Crippen molar-refractivity contribution in [1.29, 1.82) is 0 Å². The molecule has 360 valence electrons. The summed E-state index contributed by atoms with van der Waals surface area (Å²) in [6, 6.07) is 0. The van der Waals surface area contributed by atoms with E-state index in [9.17, 15) is 4.79 Å². The van der Waals surface area contributed by atoms with Crippen molar-refractivity contribution in [1.82, 2.24) is 9.80 Å². The largest absolute Gasteiger partial charge is 0.483 e. The molecular formula is C54H110N2O4. The van der Waals surface area contributed by atoms with Gasteiger partial charge in [0.05, 0.1) is 6.61 Å². The molecule has 0 aliphatic carbocycles. The summed E-state index contributed by atoms with van der Waals surface area (Å²) < 4.78 is 5.68. The first-order chi connectivity index (χ1) is 29.4. The highest BCUT2D eigenvalue weighted by Crippen LogP contribution is 2.25. The maximum absolute atomic E-state index is 12.4. The van der Waals surface area contributed by atoms with Gasteiger partial charge in [0.15, 0.2) is 0 Å². The fraction of sp³-hybridized carbons (Fsp3) is 0.963. The first-order valence-electron chi connectivity index (χ1n) is 27.0. The van der Waals surface area contributed by atoms with E-state index in [0.29, 0.717) is 13.0 Å². The van der Waals surface area contributed by atoms with E-state index in [-0.39, 0.29) is 12.4 Å². The molecule has 6 heteroatoms. The SMILES string of the molecule is CCCCCCC(CCCCCC)CCCCCCCCCCN(CCCCCCCC(=O)OCCCC(CCCCCC)CCCCCC)CCCCN(C)C.O=CO. The average molecular weight is 851 g/mol. The first kappa shape index (κ1) is 60.9. The van der Waals surface area contributed by atoms with Gasteiger partial charge in [-0.3, -0.25) is 9.59 Å². The molecule has 0 aromatic carbocycles. The van der Waals surface area contributed by atoms with Crippen LogP contribution in [0.15, 0.2) is 0 Å². The molecule has 0 rings (SSSR count). The highest BCUT2D eigenvalue weighted by Gasteiger charge is 2.11. The molecule has 0 amide bonds. The zero-order valence-corrected chi connectivity index (χ0v) is 41.9. The Balaban J connectivity index is 0. The maximum atomic E-state index is 12.4. The zero-order chi connectivity index (χ0) is 44.4. The quantitative estimate of drug-likeness (QED) is 0.0374. The minimum absolute atomic E-state index is 0.0338. The molecule has 0 radical (unpaired) electrons. The molecule has 0 aliphatic rings. The summed E-state index contributed by atoms with van der Waals surface area (Å²) >= 11 is 0. The lowest BCUT2D eigenvalue weighted by molar-refractivity contribution is -0.144. The van der Waals surface area contributed by atoms with Crippen LogP contribution in [0.3, 0.4) is 0 Å². The summed E-state index contributed by atoms with van der Waals surface area (Å²) in [5.74, 6) is 1.87. The van der Waals surface area contributed by atoms with Crippen molar-refractivity contribution >= 4 is 12.4 Å². The van der Waals surface area contributed by atoms with E-state index >= 15 is 0 Å². The van der Waals surface area contributed by atoms with Crippen LogP contribution in [0.1, 0.15) is 278 Å². The molecule has 1 N–H and O–H groups in total. The van der Waals surface area contributed by atoms with Crippen molar-refractivity contribution in [3.8, 4) is 0 Å². The van der Waals surface area contributed by atoms with E-state index < -0.39 is 0 Å². The number of carboxylic acid groups (broad SMARTS) is 1. The van der Waals surface area contributed by atoms with E-state index in [1.54, 1.807) is 0 Å². The monoisotopic (exact) mass is 851 g/mol. The second kappa shape index (κ2) is 52.2. The van der Waals surface area contributed by atoms with Gasteiger partial charge >= 0.3 is 5.97 Å². The second-order valence-electron chi connectivity index (χ2n) is 19.1. The molecule has 0 aromatic heterocycles. The van der Waals surface area contributed by atoms with Gasteiger partial charge in [0, 0.05) is 6.42 Å². The highest BCUT2D eigenvalue weighted by molar-refractivity contribution is 5.69. The molecule has 0 heterocycles. The summed E-state index contributed by atoms with van der Waals surface area (Å²) in [6.45, 7) is 14.6. The van der Waals surface area contributed by atoms with Gasteiger partial charge in [-0.25, -0.2) is 0 Å². The zero-order valence-electron chi connectivity index (χ0n) is 41.9. The smallest absolute Gasteiger partial charge is 0.305 e. The Morgan fingerprint density at radius 3 is 1.08 bits per heavy atom. The lowest BCUT2D eigenvalue weighted by atomic mass is 9.89. The predicted molar refractivity (Wildman–Crippen MR) is 264 cm³/mol. The van der Waals surface area contributed by atoms with Gasteiger partial charge in [-0.05, 0) is 97.1 Å². The number of unbranched alkanes of at least 4 members (excludes halogenated alkanes) is 24. The van der Waals surface area contributed by atoms with Crippen molar-refractivity contribution < 1.29 is 19.4 Å². The molecule has 0 atom stereocenters. The summed E-state index contributed by atoms with van der Waals surface area (Å²) in [5, 5.41) is 6.89. The Labute approximate surface area is 377 Å². The molecule has 0 saturated heterocycles. The van der Waals surface area contributed by atoms with Crippen LogP contribution in [-0.4, -0.2) is 74.2 Å². The fourth-order valence-corrected chi connectivity index (χ4v) is 9.00. The fourth-order valence-electron chi connectivity index (χ4n) is 9.00. The maximum Gasteiger partial charge on any atom is 0.305 e. The normalized spacial score (nSPS) is 11.6. The van der Waals surface area contributed by atoms with Crippen molar-refractivity contribution in [2.45, 2.75) is 278 Å². The van der Waals surface area contributed by atoms with Crippen LogP contribution >= 0.6 is 0 Å². The molecule has 0 unspecified atom stereocenters. The topological polar surface area (TPSA) is 70.1 Å². The van der Waals surface area contributed by atoms with Crippen LogP contribution < -0.4 is 0 Å². The summed E-state index contributed by atoms with van der Waals surface area (Å²) in [4.78, 5) is 25.9. The number of carbonyl (C=O) groups excluding carboxylic acids is 1. The second-order valence-corrected chi connectivity index (χ2v) is 19.1. The highest BCUT2D eigenvalue weighted by atomic mass is 16.5. The Morgan fingerprint density at radius 2 is 0.717 bits per heavy atom. The van der Waals surface area contributed by atoms with E-state index in [0.717, 1.165) is 31.1 Å². The molecule has 0 aromatic rings. The van der Waals surface area contributed by atoms with Crippen LogP contribution in [-0.2, 0) is 14.3 Å². The summed E-state index contributed by atoms with van der Waals surface area (Å²) in [7, 11) is 4.39. The molecule has 0 fully saturated rings. The van der Waals surface area contributed by atoms with Crippen molar-refractivity contribution in [3.63, 3.8) is 0 Å². The Bertz CT molecular complexity index is 800. The van der Waals surface area contributed by atoms with Crippen molar-refractivity contribution in [3.05, 3.63) is 0 Å². The van der Waals surface area contributed by atoms with Crippen LogP contribution in [0.2, 0.25) is 0 Å². The third-order valence-corrected chi connectivity index (χ3v) is 12.9. The van der Waals surface area contributed by atoms with Crippen molar-refractivity contribution in [2.75, 3.05) is 46.9 Å². The van der Waals surface area contributed by atoms with Gasteiger partial charge in [-0.15, -0.1) is 0 Å². The number of hydrogen-bond acceptors (Lipinski definition) is 5. The van der Waals surface area contributed by atoms with Gasteiger partial charge in [-0.2, -0.15) is 0 Å².